The summed E-state index contributed by atoms with van der Waals surface area (Å²) in [5.74, 6) is 1.50. The largest absolute Gasteiger partial charge is 0.281 e. The van der Waals surface area contributed by atoms with Gasteiger partial charge in [0, 0.05) is 49.9 Å². The average molecular weight is 381 g/mol. The minimum atomic E-state index is -3.35. The van der Waals surface area contributed by atoms with E-state index in [-0.39, 0.29) is 6.04 Å². The molecule has 2 heterocycles. The first-order chi connectivity index (χ1) is 12.4. The van der Waals surface area contributed by atoms with Crippen LogP contribution in [-0.2, 0) is 10.2 Å². The van der Waals surface area contributed by atoms with Gasteiger partial charge < -0.3 is 0 Å². The van der Waals surface area contributed by atoms with E-state index < -0.39 is 10.2 Å². The molecular formula is C19H32N4O2S. The summed E-state index contributed by atoms with van der Waals surface area (Å²) >= 11 is 0. The molecular weight excluding hydrogens is 348 g/mol. The first-order valence-corrected chi connectivity index (χ1v) is 11.3. The summed E-state index contributed by atoms with van der Waals surface area (Å²) < 4.78 is 29.3. The molecule has 0 bridgehead atoms. The van der Waals surface area contributed by atoms with Gasteiger partial charge in [-0.1, -0.05) is 33.1 Å². The van der Waals surface area contributed by atoms with Gasteiger partial charge in [-0.05, 0) is 31.7 Å². The van der Waals surface area contributed by atoms with Gasteiger partial charge in [-0.25, -0.2) is 9.97 Å². The Morgan fingerprint density at radius 3 is 2.38 bits per heavy atom. The van der Waals surface area contributed by atoms with Crippen molar-refractivity contribution < 1.29 is 8.42 Å². The van der Waals surface area contributed by atoms with Crippen molar-refractivity contribution in [1.29, 1.82) is 0 Å². The maximum Gasteiger partial charge on any atom is 0.281 e. The highest BCUT2D eigenvalue weighted by molar-refractivity contribution is 7.86. The molecule has 0 radical (unpaired) electrons. The SMILES string of the molecule is CC(C)c1nccc(C2CCN(S(=O)(=O)N(C)C3CCCCC3)CC2)n1. The molecule has 1 aliphatic heterocycles. The first-order valence-electron chi connectivity index (χ1n) is 9.95. The third-order valence-electron chi connectivity index (χ3n) is 5.86. The molecule has 0 N–H and O–H groups in total. The maximum atomic E-state index is 13.0. The van der Waals surface area contributed by atoms with Crippen molar-refractivity contribution in [3.8, 4) is 0 Å². The van der Waals surface area contributed by atoms with E-state index in [9.17, 15) is 8.42 Å². The second-order valence-corrected chi connectivity index (χ2v) is 9.97. The van der Waals surface area contributed by atoms with E-state index in [0.717, 1.165) is 50.0 Å². The molecule has 6 nitrogen and oxygen atoms in total. The molecule has 0 aromatic carbocycles. The molecule has 2 aliphatic rings. The lowest BCUT2D eigenvalue weighted by molar-refractivity contribution is 0.245. The van der Waals surface area contributed by atoms with Gasteiger partial charge >= 0.3 is 0 Å². The van der Waals surface area contributed by atoms with Gasteiger partial charge in [0.15, 0.2) is 0 Å². The van der Waals surface area contributed by atoms with Crippen molar-refractivity contribution in [2.75, 3.05) is 20.1 Å². The molecule has 1 saturated heterocycles. The summed E-state index contributed by atoms with van der Waals surface area (Å²) in [5.41, 5.74) is 1.06. The zero-order valence-corrected chi connectivity index (χ0v) is 17.1. The van der Waals surface area contributed by atoms with Crippen LogP contribution < -0.4 is 0 Å². The highest BCUT2D eigenvalue weighted by Crippen LogP contribution is 2.31. The van der Waals surface area contributed by atoms with Crippen molar-refractivity contribution in [3.05, 3.63) is 23.8 Å². The third-order valence-corrected chi connectivity index (χ3v) is 7.91. The molecule has 0 unspecified atom stereocenters. The lowest BCUT2D eigenvalue weighted by Gasteiger charge is -2.37. The Hall–Kier alpha value is -1.05. The Bertz CT molecular complexity index is 693. The molecule has 146 valence electrons. The number of nitrogens with zero attached hydrogens (tertiary/aromatic N) is 4. The molecule has 26 heavy (non-hydrogen) atoms. The average Bonchev–Trinajstić information content (AvgIpc) is 2.68. The minimum absolute atomic E-state index is 0.168. The van der Waals surface area contributed by atoms with Gasteiger partial charge in [-0.2, -0.15) is 17.0 Å². The molecule has 1 aliphatic carbocycles. The standard InChI is InChI=1S/C19H32N4O2S/c1-15(2)19-20-12-9-18(21-19)16-10-13-23(14-11-16)26(24,25)22(3)17-7-5-4-6-8-17/h9,12,15-17H,4-8,10-11,13-14H2,1-3H3. The highest BCUT2D eigenvalue weighted by Gasteiger charge is 2.35. The lowest BCUT2D eigenvalue weighted by atomic mass is 9.94. The normalized spacial score (nSPS) is 21.6. The third kappa shape index (κ3) is 4.26. The Labute approximate surface area is 158 Å². The van der Waals surface area contributed by atoms with Gasteiger partial charge in [0.2, 0.25) is 0 Å². The molecule has 7 heteroatoms. The van der Waals surface area contributed by atoms with E-state index in [0.29, 0.717) is 24.9 Å². The minimum Gasteiger partial charge on any atom is -0.241 e. The van der Waals surface area contributed by atoms with Crippen molar-refractivity contribution >= 4 is 10.2 Å². The Balaban J connectivity index is 1.63. The van der Waals surface area contributed by atoms with E-state index >= 15 is 0 Å². The highest BCUT2D eigenvalue weighted by atomic mass is 32.2. The van der Waals surface area contributed by atoms with Crippen LogP contribution in [0.4, 0.5) is 0 Å². The van der Waals surface area contributed by atoms with Gasteiger partial charge in [-0.15, -0.1) is 0 Å². The number of rotatable bonds is 5. The molecule has 0 atom stereocenters. The fourth-order valence-corrected chi connectivity index (χ4v) is 5.72. The van der Waals surface area contributed by atoms with E-state index in [1.54, 1.807) is 15.7 Å². The van der Waals surface area contributed by atoms with Gasteiger partial charge in [-0.3, -0.25) is 0 Å². The summed E-state index contributed by atoms with van der Waals surface area (Å²) in [7, 11) is -1.59. The molecule has 0 spiro atoms. The van der Waals surface area contributed by atoms with Crippen LogP contribution in [0.5, 0.6) is 0 Å². The second-order valence-electron chi connectivity index (χ2n) is 7.98. The van der Waals surface area contributed by atoms with Crippen LogP contribution in [0.2, 0.25) is 0 Å². The lowest BCUT2D eigenvalue weighted by Crippen LogP contribution is -2.49. The second kappa shape index (κ2) is 8.31. The molecule has 0 amide bonds. The van der Waals surface area contributed by atoms with Crippen LogP contribution in [0, 0.1) is 0 Å². The summed E-state index contributed by atoms with van der Waals surface area (Å²) in [6.45, 7) is 5.33. The summed E-state index contributed by atoms with van der Waals surface area (Å²) in [5, 5.41) is 0. The topological polar surface area (TPSA) is 66.4 Å². The quantitative estimate of drug-likeness (QED) is 0.786. The monoisotopic (exact) mass is 380 g/mol. The zero-order chi connectivity index (χ0) is 18.7. The van der Waals surface area contributed by atoms with Crippen LogP contribution in [0.3, 0.4) is 0 Å². The van der Waals surface area contributed by atoms with Gasteiger partial charge in [0.25, 0.3) is 10.2 Å². The summed E-state index contributed by atoms with van der Waals surface area (Å²) in [6.07, 6.45) is 8.97. The predicted molar refractivity (Wildman–Crippen MR) is 103 cm³/mol. The number of aromatic nitrogens is 2. The number of hydrogen-bond donors (Lipinski definition) is 0. The van der Waals surface area contributed by atoms with Crippen molar-refractivity contribution in [3.63, 3.8) is 0 Å². The summed E-state index contributed by atoms with van der Waals surface area (Å²) in [4.78, 5) is 9.04. The smallest absolute Gasteiger partial charge is 0.241 e. The molecule has 2 fully saturated rings. The van der Waals surface area contributed by atoms with Crippen molar-refractivity contribution in [2.45, 2.75) is 76.7 Å². The predicted octanol–water partition coefficient (Wildman–Crippen LogP) is 3.29. The van der Waals surface area contributed by atoms with Crippen molar-refractivity contribution in [1.82, 2.24) is 18.6 Å². The molecule has 3 rings (SSSR count). The fraction of sp³-hybridized carbons (Fsp3) is 0.789. The van der Waals surface area contributed by atoms with E-state index in [1.807, 2.05) is 12.3 Å². The maximum absolute atomic E-state index is 13.0. The van der Waals surface area contributed by atoms with Crippen LogP contribution >= 0.6 is 0 Å². The Morgan fingerprint density at radius 2 is 1.77 bits per heavy atom. The Kier molecular flexibility index (Phi) is 6.30. The number of piperidine rings is 1. The van der Waals surface area contributed by atoms with E-state index in [4.69, 9.17) is 4.98 Å². The van der Waals surface area contributed by atoms with Crippen LogP contribution in [0.25, 0.3) is 0 Å². The Morgan fingerprint density at radius 1 is 1.12 bits per heavy atom. The zero-order valence-electron chi connectivity index (χ0n) is 16.3. The summed E-state index contributed by atoms with van der Waals surface area (Å²) in [6, 6.07) is 2.15. The van der Waals surface area contributed by atoms with Gasteiger partial charge in [0.05, 0.1) is 0 Å². The van der Waals surface area contributed by atoms with Gasteiger partial charge in [0.1, 0.15) is 5.82 Å². The van der Waals surface area contributed by atoms with E-state index in [2.05, 4.69) is 18.8 Å². The van der Waals surface area contributed by atoms with Crippen LogP contribution in [0.1, 0.15) is 82.1 Å². The molecule has 1 aromatic heterocycles. The molecule has 1 aromatic rings. The van der Waals surface area contributed by atoms with Crippen LogP contribution in [-0.4, -0.2) is 53.2 Å². The molecule has 1 saturated carbocycles. The number of hydrogen-bond acceptors (Lipinski definition) is 4. The first kappa shape index (κ1) is 19.7. The van der Waals surface area contributed by atoms with Crippen LogP contribution in [0.15, 0.2) is 12.3 Å². The fourth-order valence-electron chi connectivity index (χ4n) is 4.09. The van der Waals surface area contributed by atoms with E-state index in [1.165, 1.54) is 6.42 Å². The van der Waals surface area contributed by atoms with Crippen molar-refractivity contribution in [2.24, 2.45) is 0 Å².